The van der Waals surface area contributed by atoms with E-state index in [4.69, 9.17) is 14.4 Å². The van der Waals surface area contributed by atoms with Gasteiger partial charge in [0.25, 0.3) is 0 Å². The molecule has 0 aliphatic carbocycles. The standard InChI is InChI=1S/C15H11NO5/c1-20-12-4-2-3-9-8(12)5-6-10(14(9)17)11-7-13(15(18)19)21-16-11/h2-7,17H,1H3,(H,18,19). The van der Waals surface area contributed by atoms with Gasteiger partial charge in [-0.15, -0.1) is 0 Å². The minimum atomic E-state index is -1.21. The Bertz CT molecular complexity index is 837. The molecule has 0 unspecified atom stereocenters. The molecule has 0 atom stereocenters. The number of benzene rings is 2. The van der Waals surface area contributed by atoms with Crippen LogP contribution in [0.15, 0.2) is 40.9 Å². The van der Waals surface area contributed by atoms with Crippen LogP contribution in [0.4, 0.5) is 0 Å². The van der Waals surface area contributed by atoms with Crippen LogP contribution in [0.25, 0.3) is 22.0 Å². The second kappa shape index (κ2) is 4.82. The number of ether oxygens (including phenoxy) is 1. The fourth-order valence-electron chi connectivity index (χ4n) is 2.20. The van der Waals surface area contributed by atoms with E-state index in [1.165, 1.54) is 6.07 Å². The molecule has 0 aliphatic heterocycles. The Hall–Kier alpha value is -3.02. The topological polar surface area (TPSA) is 92.8 Å². The van der Waals surface area contributed by atoms with Gasteiger partial charge in [0.2, 0.25) is 5.76 Å². The molecule has 2 aromatic carbocycles. The van der Waals surface area contributed by atoms with Gasteiger partial charge in [-0.05, 0) is 18.2 Å². The summed E-state index contributed by atoms with van der Waals surface area (Å²) in [6.07, 6.45) is 0. The van der Waals surface area contributed by atoms with Crippen LogP contribution in [0.5, 0.6) is 11.5 Å². The number of aromatic nitrogens is 1. The van der Waals surface area contributed by atoms with Crippen LogP contribution in [0, 0.1) is 0 Å². The lowest BCUT2D eigenvalue weighted by molar-refractivity contribution is 0.0652. The highest BCUT2D eigenvalue weighted by Crippen LogP contribution is 2.38. The molecule has 3 rings (SSSR count). The van der Waals surface area contributed by atoms with Crippen LogP contribution >= 0.6 is 0 Å². The van der Waals surface area contributed by atoms with Gasteiger partial charge in [0, 0.05) is 22.4 Å². The smallest absolute Gasteiger partial charge is 0.374 e. The third kappa shape index (κ3) is 2.06. The summed E-state index contributed by atoms with van der Waals surface area (Å²) in [6.45, 7) is 0. The van der Waals surface area contributed by atoms with Crippen molar-refractivity contribution >= 4 is 16.7 Å². The second-order valence-corrected chi connectivity index (χ2v) is 4.40. The van der Waals surface area contributed by atoms with Crippen LogP contribution in [0.2, 0.25) is 0 Å². The maximum Gasteiger partial charge on any atom is 0.374 e. The molecule has 6 heteroatoms. The van der Waals surface area contributed by atoms with Crippen molar-refractivity contribution in [2.24, 2.45) is 0 Å². The number of hydrogen-bond acceptors (Lipinski definition) is 5. The zero-order valence-electron chi connectivity index (χ0n) is 11.0. The van der Waals surface area contributed by atoms with Crippen molar-refractivity contribution in [3.8, 4) is 22.8 Å². The number of carboxylic acids is 1. The van der Waals surface area contributed by atoms with Crippen molar-refractivity contribution in [1.82, 2.24) is 5.16 Å². The highest BCUT2D eigenvalue weighted by Gasteiger charge is 2.17. The molecule has 0 saturated heterocycles. The van der Waals surface area contributed by atoms with Crippen molar-refractivity contribution < 1.29 is 24.3 Å². The number of phenols is 1. The van der Waals surface area contributed by atoms with E-state index < -0.39 is 5.97 Å². The van der Waals surface area contributed by atoms with Crippen molar-refractivity contribution in [3.05, 3.63) is 42.2 Å². The van der Waals surface area contributed by atoms with E-state index in [9.17, 15) is 9.90 Å². The lowest BCUT2D eigenvalue weighted by Crippen LogP contribution is -1.91. The van der Waals surface area contributed by atoms with Gasteiger partial charge in [-0.2, -0.15) is 0 Å². The number of methoxy groups -OCH3 is 1. The van der Waals surface area contributed by atoms with Crippen molar-refractivity contribution in [2.45, 2.75) is 0 Å². The largest absolute Gasteiger partial charge is 0.507 e. The second-order valence-electron chi connectivity index (χ2n) is 4.40. The lowest BCUT2D eigenvalue weighted by Gasteiger charge is -2.09. The Morgan fingerprint density at radius 2 is 2.05 bits per heavy atom. The summed E-state index contributed by atoms with van der Waals surface area (Å²) in [5.41, 5.74) is 0.654. The molecule has 0 saturated carbocycles. The summed E-state index contributed by atoms with van der Waals surface area (Å²) < 4.78 is 9.95. The molecule has 0 amide bonds. The van der Waals surface area contributed by atoms with Crippen LogP contribution in [-0.4, -0.2) is 28.4 Å². The molecule has 0 spiro atoms. The number of hydrogen-bond donors (Lipinski definition) is 2. The molecule has 2 N–H and O–H groups in total. The average Bonchev–Trinajstić information content (AvgIpc) is 2.97. The predicted molar refractivity (Wildman–Crippen MR) is 74.6 cm³/mol. The third-order valence-electron chi connectivity index (χ3n) is 3.21. The molecule has 3 aromatic rings. The number of phenolic OH excluding ortho intramolecular Hbond substituents is 1. The van der Waals surface area contributed by atoms with Gasteiger partial charge in [-0.25, -0.2) is 4.79 Å². The number of fused-ring (bicyclic) bond motifs is 1. The molecule has 0 radical (unpaired) electrons. The number of carbonyl (C=O) groups is 1. The molecule has 0 bridgehead atoms. The molecule has 6 nitrogen and oxygen atoms in total. The fraction of sp³-hybridized carbons (Fsp3) is 0.0667. The van der Waals surface area contributed by atoms with E-state index in [0.29, 0.717) is 16.7 Å². The van der Waals surface area contributed by atoms with Gasteiger partial charge in [-0.1, -0.05) is 17.3 Å². The van der Waals surface area contributed by atoms with E-state index >= 15 is 0 Å². The number of aromatic carboxylic acids is 1. The van der Waals surface area contributed by atoms with E-state index in [1.807, 2.05) is 0 Å². The van der Waals surface area contributed by atoms with Gasteiger partial charge in [-0.3, -0.25) is 0 Å². The summed E-state index contributed by atoms with van der Waals surface area (Å²) >= 11 is 0. The molecular weight excluding hydrogens is 274 g/mol. The molecule has 1 aromatic heterocycles. The molecule has 0 aliphatic rings. The van der Waals surface area contributed by atoms with E-state index in [2.05, 4.69) is 5.16 Å². The van der Waals surface area contributed by atoms with Crippen molar-refractivity contribution in [3.63, 3.8) is 0 Å². The minimum Gasteiger partial charge on any atom is -0.507 e. The summed E-state index contributed by atoms with van der Waals surface area (Å²) in [5, 5.41) is 24.2. The Morgan fingerprint density at radius 3 is 2.71 bits per heavy atom. The van der Waals surface area contributed by atoms with Crippen LogP contribution in [0.1, 0.15) is 10.6 Å². The summed E-state index contributed by atoms with van der Waals surface area (Å²) in [7, 11) is 1.55. The molecule has 1 heterocycles. The normalized spacial score (nSPS) is 10.7. The monoisotopic (exact) mass is 285 g/mol. The van der Waals surface area contributed by atoms with Crippen LogP contribution in [-0.2, 0) is 0 Å². The fourth-order valence-corrected chi connectivity index (χ4v) is 2.20. The zero-order chi connectivity index (χ0) is 15.0. The summed E-state index contributed by atoms with van der Waals surface area (Å²) in [6, 6.07) is 9.98. The van der Waals surface area contributed by atoms with Gasteiger partial charge >= 0.3 is 5.97 Å². The van der Waals surface area contributed by atoms with Crippen LogP contribution in [0.3, 0.4) is 0 Å². The van der Waals surface area contributed by atoms with E-state index in [1.54, 1.807) is 37.4 Å². The van der Waals surface area contributed by atoms with Crippen molar-refractivity contribution in [1.29, 1.82) is 0 Å². The first-order chi connectivity index (χ1) is 10.1. The molecular formula is C15H11NO5. The van der Waals surface area contributed by atoms with Gasteiger partial charge in [0.1, 0.15) is 17.2 Å². The Kier molecular flexibility index (Phi) is 2.98. The maximum atomic E-state index is 10.8. The Labute approximate surface area is 119 Å². The van der Waals surface area contributed by atoms with Crippen molar-refractivity contribution in [2.75, 3.05) is 7.11 Å². The van der Waals surface area contributed by atoms with E-state index in [0.717, 1.165) is 5.39 Å². The Morgan fingerprint density at radius 1 is 1.24 bits per heavy atom. The Balaban J connectivity index is 2.20. The highest BCUT2D eigenvalue weighted by atomic mass is 16.5. The predicted octanol–water partition coefficient (Wildman–Crippen LogP) is 2.91. The summed E-state index contributed by atoms with van der Waals surface area (Å²) in [4.78, 5) is 10.8. The van der Waals surface area contributed by atoms with Gasteiger partial charge in [0.15, 0.2) is 0 Å². The number of aromatic hydroxyl groups is 1. The molecule has 21 heavy (non-hydrogen) atoms. The maximum absolute atomic E-state index is 10.8. The quantitative estimate of drug-likeness (QED) is 0.768. The van der Waals surface area contributed by atoms with Gasteiger partial charge in [0.05, 0.1) is 7.11 Å². The first-order valence-corrected chi connectivity index (χ1v) is 6.11. The third-order valence-corrected chi connectivity index (χ3v) is 3.21. The SMILES string of the molecule is COc1cccc2c(O)c(-c3cc(C(=O)O)on3)ccc12. The first-order valence-electron chi connectivity index (χ1n) is 6.11. The molecule has 0 fully saturated rings. The first kappa shape index (κ1) is 13.0. The highest BCUT2D eigenvalue weighted by molar-refractivity contribution is 5.98. The number of rotatable bonds is 3. The zero-order valence-corrected chi connectivity index (χ0v) is 11.0. The number of carboxylic acid groups (broad SMARTS) is 1. The summed E-state index contributed by atoms with van der Waals surface area (Å²) in [5.74, 6) is -0.858. The average molecular weight is 285 g/mol. The van der Waals surface area contributed by atoms with Gasteiger partial charge < -0.3 is 19.5 Å². The lowest BCUT2D eigenvalue weighted by atomic mass is 10.0. The minimum absolute atomic E-state index is 0.00311. The number of nitrogens with zero attached hydrogens (tertiary/aromatic N) is 1. The molecule has 106 valence electrons. The van der Waals surface area contributed by atoms with E-state index in [-0.39, 0.29) is 17.2 Å². The van der Waals surface area contributed by atoms with Crippen LogP contribution < -0.4 is 4.74 Å².